The Labute approximate surface area is 130 Å². The molecular weight excluding hydrogens is 306 g/mol. The van der Waals surface area contributed by atoms with Gasteiger partial charge in [0.05, 0.1) is 0 Å². The maximum atomic E-state index is 5.88. The summed E-state index contributed by atoms with van der Waals surface area (Å²) in [5.74, 6) is 0.507. The van der Waals surface area contributed by atoms with Crippen LogP contribution in [0.25, 0.3) is 0 Å². The number of halogens is 4. The lowest BCUT2D eigenvalue weighted by Crippen LogP contribution is -2.40. The molecule has 7 N–H and O–H groups in total. The van der Waals surface area contributed by atoms with Crippen LogP contribution < -0.4 is 22.5 Å². The van der Waals surface area contributed by atoms with Crippen LogP contribution in [0.5, 0.6) is 0 Å². The van der Waals surface area contributed by atoms with E-state index >= 15 is 0 Å². The smallest absolute Gasteiger partial charge is 0.0168 e. The van der Waals surface area contributed by atoms with Gasteiger partial charge in [-0.25, -0.2) is 0 Å². The standard InChI is InChI=1S/C9H24N4.4ClH/c1-7(4-10)3-9(12)6-13-5-8(2)11;;;;/h7-9,13H,3-6,10-12H2,1-2H3;4*1H. The molecule has 0 saturated carbocycles. The zero-order chi connectivity index (χ0) is 10.3. The first-order chi connectivity index (χ1) is 6.06. The van der Waals surface area contributed by atoms with Gasteiger partial charge in [-0.2, -0.15) is 0 Å². The van der Waals surface area contributed by atoms with Crippen LogP contribution in [-0.2, 0) is 0 Å². The minimum Gasteiger partial charge on any atom is -0.330 e. The topological polar surface area (TPSA) is 90.1 Å². The molecular formula is C9H28Cl4N4. The van der Waals surface area contributed by atoms with Crippen LogP contribution >= 0.6 is 49.6 Å². The molecule has 0 bridgehead atoms. The largest absolute Gasteiger partial charge is 0.330 e. The molecule has 0 heterocycles. The van der Waals surface area contributed by atoms with Gasteiger partial charge >= 0.3 is 0 Å². The average molecular weight is 334 g/mol. The zero-order valence-electron chi connectivity index (χ0n) is 10.4. The van der Waals surface area contributed by atoms with Crippen molar-refractivity contribution in [1.82, 2.24) is 5.32 Å². The van der Waals surface area contributed by atoms with Crippen molar-refractivity contribution < 1.29 is 0 Å². The maximum absolute atomic E-state index is 5.88. The molecule has 0 spiro atoms. The highest BCUT2D eigenvalue weighted by atomic mass is 35.5. The minimum absolute atomic E-state index is 0. The van der Waals surface area contributed by atoms with Crippen molar-refractivity contribution in [2.75, 3.05) is 19.6 Å². The summed E-state index contributed by atoms with van der Waals surface area (Å²) in [7, 11) is 0. The first-order valence-corrected chi connectivity index (χ1v) is 4.98. The minimum atomic E-state index is 0. The van der Waals surface area contributed by atoms with Gasteiger partial charge in [0.2, 0.25) is 0 Å². The van der Waals surface area contributed by atoms with Gasteiger partial charge < -0.3 is 22.5 Å². The lowest BCUT2D eigenvalue weighted by atomic mass is 10.0. The van der Waals surface area contributed by atoms with E-state index in [1.807, 2.05) is 6.92 Å². The molecule has 0 aromatic carbocycles. The second kappa shape index (κ2) is 19.3. The molecule has 17 heavy (non-hydrogen) atoms. The molecule has 0 aliphatic carbocycles. The fourth-order valence-electron chi connectivity index (χ4n) is 1.19. The van der Waals surface area contributed by atoms with Gasteiger partial charge in [0.25, 0.3) is 0 Å². The number of nitrogens with two attached hydrogens (primary N) is 3. The monoisotopic (exact) mass is 332 g/mol. The highest BCUT2D eigenvalue weighted by Gasteiger charge is 2.07. The predicted molar refractivity (Wildman–Crippen MR) is 86.3 cm³/mol. The van der Waals surface area contributed by atoms with Crippen molar-refractivity contribution in [2.24, 2.45) is 23.1 Å². The quantitative estimate of drug-likeness (QED) is 0.557. The van der Waals surface area contributed by atoms with Crippen molar-refractivity contribution in [1.29, 1.82) is 0 Å². The SMILES string of the molecule is CC(N)CNCC(N)CC(C)CN.Cl.Cl.Cl.Cl. The Kier molecular flexibility index (Phi) is 35.0. The molecule has 0 fully saturated rings. The van der Waals surface area contributed by atoms with E-state index in [9.17, 15) is 0 Å². The molecule has 0 aromatic heterocycles. The van der Waals surface area contributed by atoms with E-state index in [0.717, 1.165) is 19.5 Å². The van der Waals surface area contributed by atoms with Crippen molar-refractivity contribution in [2.45, 2.75) is 32.4 Å². The van der Waals surface area contributed by atoms with Crippen LogP contribution in [0.2, 0.25) is 0 Å². The summed E-state index contributed by atoms with van der Waals surface area (Å²) in [6.45, 7) is 6.45. The predicted octanol–water partition coefficient (Wildman–Crippen LogP) is 0.923. The Balaban J connectivity index is -0.000000120. The summed E-state index contributed by atoms with van der Waals surface area (Å²) in [6, 6.07) is 0.386. The van der Waals surface area contributed by atoms with Crippen LogP contribution in [0, 0.1) is 5.92 Å². The normalized spacial score (nSPS) is 13.9. The van der Waals surface area contributed by atoms with E-state index < -0.39 is 0 Å². The molecule has 112 valence electrons. The van der Waals surface area contributed by atoms with E-state index in [-0.39, 0.29) is 61.7 Å². The van der Waals surface area contributed by atoms with Gasteiger partial charge in [-0.1, -0.05) is 6.92 Å². The van der Waals surface area contributed by atoms with Crippen molar-refractivity contribution in [3.05, 3.63) is 0 Å². The van der Waals surface area contributed by atoms with Gasteiger partial charge in [-0.3, -0.25) is 0 Å². The fourth-order valence-corrected chi connectivity index (χ4v) is 1.19. The van der Waals surface area contributed by atoms with Crippen LogP contribution in [0.1, 0.15) is 20.3 Å². The molecule has 0 aromatic rings. The highest BCUT2D eigenvalue weighted by molar-refractivity contribution is 5.86. The van der Waals surface area contributed by atoms with Gasteiger partial charge in [-0.15, -0.1) is 49.6 Å². The van der Waals surface area contributed by atoms with Gasteiger partial charge in [-0.05, 0) is 25.8 Å². The summed E-state index contributed by atoms with van der Waals surface area (Å²) in [5, 5.41) is 3.22. The molecule has 3 atom stereocenters. The summed E-state index contributed by atoms with van der Waals surface area (Å²) in [6.07, 6.45) is 0.975. The van der Waals surface area contributed by atoms with Crippen LogP contribution in [-0.4, -0.2) is 31.7 Å². The summed E-state index contributed by atoms with van der Waals surface area (Å²) < 4.78 is 0. The van der Waals surface area contributed by atoms with Gasteiger partial charge in [0.15, 0.2) is 0 Å². The zero-order valence-corrected chi connectivity index (χ0v) is 13.7. The Morgan fingerprint density at radius 3 is 1.76 bits per heavy atom. The van der Waals surface area contributed by atoms with E-state index in [2.05, 4.69) is 12.2 Å². The molecule has 0 amide bonds. The van der Waals surface area contributed by atoms with E-state index in [1.54, 1.807) is 0 Å². The first kappa shape index (κ1) is 30.8. The molecule has 0 aliphatic rings. The molecule has 0 saturated heterocycles. The number of nitrogens with one attached hydrogen (secondary N) is 1. The van der Waals surface area contributed by atoms with Crippen LogP contribution in [0.4, 0.5) is 0 Å². The number of rotatable bonds is 7. The maximum Gasteiger partial charge on any atom is 0.0168 e. The lowest BCUT2D eigenvalue weighted by molar-refractivity contribution is 0.445. The Bertz CT molecular complexity index is 130. The van der Waals surface area contributed by atoms with E-state index in [1.165, 1.54) is 0 Å². The Morgan fingerprint density at radius 1 is 0.941 bits per heavy atom. The Morgan fingerprint density at radius 2 is 1.41 bits per heavy atom. The van der Waals surface area contributed by atoms with Crippen molar-refractivity contribution in [3.8, 4) is 0 Å². The molecule has 0 aliphatic heterocycles. The average Bonchev–Trinajstić information content (AvgIpc) is 2.03. The Hall–Kier alpha value is 1.00. The van der Waals surface area contributed by atoms with Crippen LogP contribution in [0.3, 0.4) is 0 Å². The summed E-state index contributed by atoms with van der Waals surface area (Å²) >= 11 is 0. The van der Waals surface area contributed by atoms with Gasteiger partial charge in [0.1, 0.15) is 0 Å². The van der Waals surface area contributed by atoms with Crippen molar-refractivity contribution >= 4 is 49.6 Å². The van der Waals surface area contributed by atoms with Crippen molar-refractivity contribution in [3.63, 3.8) is 0 Å². The summed E-state index contributed by atoms with van der Waals surface area (Å²) in [4.78, 5) is 0. The fraction of sp³-hybridized carbons (Fsp3) is 1.00. The molecule has 0 rings (SSSR count). The lowest BCUT2D eigenvalue weighted by Gasteiger charge is -2.17. The second-order valence-electron chi connectivity index (χ2n) is 3.97. The third kappa shape index (κ3) is 22.6. The third-order valence-corrected chi connectivity index (χ3v) is 1.98. The van der Waals surface area contributed by atoms with E-state index in [0.29, 0.717) is 12.5 Å². The first-order valence-electron chi connectivity index (χ1n) is 4.98. The molecule has 3 unspecified atom stereocenters. The number of hydrogen-bond donors (Lipinski definition) is 4. The molecule has 4 nitrogen and oxygen atoms in total. The third-order valence-electron chi connectivity index (χ3n) is 1.98. The van der Waals surface area contributed by atoms with E-state index in [4.69, 9.17) is 17.2 Å². The van der Waals surface area contributed by atoms with Crippen LogP contribution in [0.15, 0.2) is 0 Å². The molecule has 8 heteroatoms. The summed E-state index contributed by atoms with van der Waals surface area (Å²) in [5.41, 5.74) is 17.0. The van der Waals surface area contributed by atoms with Gasteiger partial charge in [0, 0.05) is 25.2 Å². The highest BCUT2D eigenvalue weighted by Crippen LogP contribution is 2.00. The molecule has 0 radical (unpaired) electrons. The number of hydrogen-bond acceptors (Lipinski definition) is 4. The second-order valence-corrected chi connectivity index (χ2v) is 3.97.